The summed E-state index contributed by atoms with van der Waals surface area (Å²) >= 11 is 1.64. The monoisotopic (exact) mass is 406 g/mol. The molecule has 0 aromatic carbocycles. The fourth-order valence-electron chi connectivity index (χ4n) is 2.09. The van der Waals surface area contributed by atoms with E-state index in [0.717, 1.165) is 18.7 Å². The molecule has 0 aromatic rings. The van der Waals surface area contributed by atoms with E-state index in [9.17, 15) is 14.4 Å². The van der Waals surface area contributed by atoms with Gasteiger partial charge < -0.3 is 26.4 Å². The molecule has 0 aromatic heterocycles. The summed E-state index contributed by atoms with van der Waals surface area (Å²) in [7, 11) is 3.52. The van der Waals surface area contributed by atoms with Crippen LogP contribution in [0.1, 0.15) is 46.0 Å². The standard InChI is InChI=1S/C15H30N4O4S.C3H8/c1-16-8-5-4-6-12(15(22)23)19-13(20)10-18-14(21)11(17-2)7-9-24-3;1-3-2/h11-12,16-17H,4-10H2,1-3H3,(H,18,21)(H,19,20)(H,22,23);3H2,1-2H3. The molecule has 160 valence electrons. The van der Waals surface area contributed by atoms with Gasteiger partial charge >= 0.3 is 5.97 Å². The third kappa shape index (κ3) is 16.6. The van der Waals surface area contributed by atoms with Crippen LogP contribution in [0, 0.1) is 0 Å². The Morgan fingerprint density at radius 1 is 1.04 bits per heavy atom. The number of hydrogen-bond acceptors (Lipinski definition) is 6. The van der Waals surface area contributed by atoms with Gasteiger partial charge in [0, 0.05) is 0 Å². The number of carboxylic acids is 1. The first-order chi connectivity index (χ1) is 12.9. The molecule has 0 saturated carbocycles. The Labute approximate surface area is 168 Å². The van der Waals surface area contributed by atoms with E-state index < -0.39 is 17.9 Å². The summed E-state index contributed by atoms with van der Waals surface area (Å²) in [6.45, 7) is 4.83. The molecule has 0 aliphatic heterocycles. The van der Waals surface area contributed by atoms with Crippen molar-refractivity contribution in [1.29, 1.82) is 0 Å². The van der Waals surface area contributed by atoms with Gasteiger partial charge in [-0.05, 0) is 58.3 Å². The van der Waals surface area contributed by atoms with Crippen LogP contribution in [0.5, 0.6) is 0 Å². The molecule has 5 N–H and O–H groups in total. The lowest BCUT2D eigenvalue weighted by Gasteiger charge is -2.17. The summed E-state index contributed by atoms with van der Waals surface area (Å²) in [4.78, 5) is 35.0. The van der Waals surface area contributed by atoms with Crippen molar-refractivity contribution in [2.75, 3.05) is 39.2 Å². The Balaban J connectivity index is 0. The third-order valence-electron chi connectivity index (χ3n) is 3.50. The topological polar surface area (TPSA) is 120 Å². The fraction of sp³-hybridized carbons (Fsp3) is 0.833. The maximum absolute atomic E-state index is 12.0. The van der Waals surface area contributed by atoms with Crippen LogP contribution < -0.4 is 21.3 Å². The Kier molecular flexibility index (Phi) is 20.1. The second-order valence-electron chi connectivity index (χ2n) is 6.11. The minimum Gasteiger partial charge on any atom is -0.480 e. The van der Waals surface area contributed by atoms with Gasteiger partial charge in [0.25, 0.3) is 0 Å². The van der Waals surface area contributed by atoms with E-state index in [2.05, 4.69) is 35.1 Å². The first kappa shape index (κ1) is 27.9. The quantitative estimate of drug-likeness (QED) is 0.271. The molecule has 8 nitrogen and oxygen atoms in total. The lowest BCUT2D eigenvalue weighted by molar-refractivity contribution is -0.142. The van der Waals surface area contributed by atoms with Crippen LogP contribution >= 0.6 is 11.8 Å². The maximum atomic E-state index is 12.0. The van der Waals surface area contributed by atoms with Crippen molar-refractivity contribution in [2.24, 2.45) is 0 Å². The van der Waals surface area contributed by atoms with Gasteiger partial charge in [-0.15, -0.1) is 0 Å². The van der Waals surface area contributed by atoms with Crippen molar-refractivity contribution in [3.8, 4) is 0 Å². The number of thioether (sulfide) groups is 1. The Morgan fingerprint density at radius 2 is 1.67 bits per heavy atom. The molecule has 0 saturated heterocycles. The van der Waals surface area contributed by atoms with Crippen LogP contribution in [0.15, 0.2) is 0 Å². The molecule has 27 heavy (non-hydrogen) atoms. The Bertz CT molecular complexity index is 411. The molecular formula is C18H38N4O4S. The van der Waals surface area contributed by atoms with Gasteiger partial charge in [-0.3, -0.25) is 9.59 Å². The number of likely N-dealkylation sites (N-methyl/N-ethyl adjacent to an activating group) is 1. The van der Waals surface area contributed by atoms with Gasteiger partial charge in [0.15, 0.2) is 0 Å². The van der Waals surface area contributed by atoms with Crippen molar-refractivity contribution >= 4 is 29.5 Å². The number of amides is 2. The van der Waals surface area contributed by atoms with Gasteiger partial charge in [0.2, 0.25) is 11.8 Å². The van der Waals surface area contributed by atoms with Crippen molar-refractivity contribution in [1.82, 2.24) is 21.3 Å². The van der Waals surface area contributed by atoms with Crippen LogP contribution in [0.25, 0.3) is 0 Å². The normalized spacial score (nSPS) is 12.3. The average molecular weight is 407 g/mol. The third-order valence-corrected chi connectivity index (χ3v) is 4.15. The number of carbonyl (C=O) groups excluding carboxylic acids is 2. The molecule has 0 aliphatic carbocycles. The van der Waals surface area contributed by atoms with Crippen LogP contribution in [0.4, 0.5) is 0 Å². The number of hydrogen-bond donors (Lipinski definition) is 5. The molecule has 0 aliphatic rings. The Hall–Kier alpha value is -1.32. The van der Waals surface area contributed by atoms with Crippen LogP contribution in [-0.2, 0) is 14.4 Å². The largest absolute Gasteiger partial charge is 0.480 e. The number of rotatable bonds is 14. The van der Waals surface area contributed by atoms with Gasteiger partial charge in [0.1, 0.15) is 6.04 Å². The van der Waals surface area contributed by atoms with Crippen molar-refractivity contribution in [3.63, 3.8) is 0 Å². The van der Waals surface area contributed by atoms with E-state index in [0.29, 0.717) is 19.3 Å². The van der Waals surface area contributed by atoms with Crippen molar-refractivity contribution in [3.05, 3.63) is 0 Å². The van der Waals surface area contributed by atoms with Crippen LogP contribution in [-0.4, -0.2) is 74.2 Å². The minimum absolute atomic E-state index is 0.226. The SMILES string of the molecule is CCC.CNCCCCC(NC(=O)CNC(=O)C(CCSC)NC)C(=O)O. The molecule has 2 amide bonds. The zero-order valence-electron chi connectivity index (χ0n) is 17.4. The smallest absolute Gasteiger partial charge is 0.326 e. The summed E-state index contributed by atoms with van der Waals surface area (Å²) in [5.41, 5.74) is 0. The lowest BCUT2D eigenvalue weighted by Crippen LogP contribution is -2.49. The summed E-state index contributed by atoms with van der Waals surface area (Å²) in [6.07, 6.45) is 5.77. The van der Waals surface area contributed by atoms with Gasteiger partial charge in [0.05, 0.1) is 12.6 Å². The average Bonchev–Trinajstić information content (AvgIpc) is 2.63. The van der Waals surface area contributed by atoms with Crippen LogP contribution in [0.3, 0.4) is 0 Å². The van der Waals surface area contributed by atoms with Gasteiger partial charge in [-0.1, -0.05) is 20.3 Å². The zero-order valence-corrected chi connectivity index (χ0v) is 18.2. The van der Waals surface area contributed by atoms with E-state index in [1.165, 1.54) is 6.42 Å². The summed E-state index contributed by atoms with van der Waals surface area (Å²) in [6, 6.07) is -1.29. The number of nitrogens with one attached hydrogen (secondary N) is 4. The second-order valence-corrected chi connectivity index (χ2v) is 7.09. The van der Waals surface area contributed by atoms with E-state index in [1.807, 2.05) is 13.3 Å². The second kappa shape index (κ2) is 19.4. The highest BCUT2D eigenvalue weighted by Gasteiger charge is 2.21. The fourth-order valence-corrected chi connectivity index (χ4v) is 2.56. The molecule has 0 spiro atoms. The molecule has 0 fully saturated rings. The highest BCUT2D eigenvalue weighted by molar-refractivity contribution is 7.98. The van der Waals surface area contributed by atoms with Crippen LogP contribution in [0.2, 0.25) is 0 Å². The molecule has 0 rings (SSSR count). The highest BCUT2D eigenvalue weighted by atomic mass is 32.2. The van der Waals surface area contributed by atoms with Crippen molar-refractivity contribution < 1.29 is 19.5 Å². The molecule has 9 heteroatoms. The first-order valence-electron chi connectivity index (χ1n) is 9.48. The van der Waals surface area contributed by atoms with E-state index in [-0.39, 0.29) is 18.5 Å². The maximum Gasteiger partial charge on any atom is 0.326 e. The van der Waals surface area contributed by atoms with Gasteiger partial charge in [-0.25, -0.2) is 4.79 Å². The summed E-state index contributed by atoms with van der Waals surface area (Å²) < 4.78 is 0. The summed E-state index contributed by atoms with van der Waals surface area (Å²) in [5, 5.41) is 20.0. The highest BCUT2D eigenvalue weighted by Crippen LogP contribution is 2.02. The number of unbranched alkanes of at least 4 members (excludes halogenated alkanes) is 1. The molecular weight excluding hydrogens is 368 g/mol. The van der Waals surface area contributed by atoms with E-state index in [4.69, 9.17) is 5.11 Å². The first-order valence-corrected chi connectivity index (χ1v) is 10.9. The van der Waals surface area contributed by atoms with Crippen molar-refractivity contribution in [2.45, 2.75) is 58.0 Å². The minimum atomic E-state index is -1.06. The predicted molar refractivity (Wildman–Crippen MR) is 112 cm³/mol. The van der Waals surface area contributed by atoms with E-state index >= 15 is 0 Å². The Morgan fingerprint density at radius 3 is 2.15 bits per heavy atom. The summed E-state index contributed by atoms with van der Waals surface area (Å²) in [5.74, 6) is -0.988. The number of carboxylic acid groups (broad SMARTS) is 1. The molecule has 0 radical (unpaired) electrons. The molecule has 0 bridgehead atoms. The molecule has 2 atom stereocenters. The van der Waals surface area contributed by atoms with Gasteiger partial charge in [-0.2, -0.15) is 11.8 Å². The zero-order chi connectivity index (χ0) is 21.1. The number of carbonyl (C=O) groups is 3. The number of aliphatic carboxylic acids is 1. The molecule has 0 heterocycles. The predicted octanol–water partition coefficient (Wildman–Crippen LogP) is 0.819. The van der Waals surface area contributed by atoms with E-state index in [1.54, 1.807) is 18.8 Å². The molecule has 2 unspecified atom stereocenters. The lowest BCUT2D eigenvalue weighted by atomic mass is 10.1.